The van der Waals surface area contributed by atoms with Crippen molar-refractivity contribution in [2.45, 2.75) is 31.3 Å². The molecule has 1 heterocycles. The second-order valence-corrected chi connectivity index (χ2v) is 5.65. The smallest absolute Gasteiger partial charge is 0.276 e. The summed E-state index contributed by atoms with van der Waals surface area (Å²) < 4.78 is 27.0. The van der Waals surface area contributed by atoms with Crippen molar-refractivity contribution in [2.75, 3.05) is 13.6 Å². The van der Waals surface area contributed by atoms with Gasteiger partial charge in [0, 0.05) is 32.1 Å². The Hall–Kier alpha value is -0.660. The standard InChI is InChI=1S/C8H15N3O3S/c1-9-15(13,14)10-6-4-8(12)11(5-6)7-2-3-7/h6-7,9-10H,2-5H2,1H3. The van der Waals surface area contributed by atoms with Gasteiger partial charge >= 0.3 is 0 Å². The molecule has 86 valence electrons. The van der Waals surface area contributed by atoms with E-state index in [-0.39, 0.29) is 18.4 Å². The highest BCUT2D eigenvalue weighted by Crippen LogP contribution is 2.30. The first kappa shape index (κ1) is 10.8. The third-order valence-corrected chi connectivity index (χ3v) is 3.92. The molecule has 2 rings (SSSR count). The summed E-state index contributed by atoms with van der Waals surface area (Å²) in [5.41, 5.74) is 0. The van der Waals surface area contributed by atoms with Gasteiger partial charge in [-0.05, 0) is 12.8 Å². The molecule has 1 atom stereocenters. The Morgan fingerprint density at radius 3 is 2.60 bits per heavy atom. The van der Waals surface area contributed by atoms with Crippen LogP contribution in [0, 0.1) is 0 Å². The maximum atomic E-state index is 11.5. The number of amides is 1. The van der Waals surface area contributed by atoms with Crippen molar-refractivity contribution in [3.8, 4) is 0 Å². The molecule has 1 saturated carbocycles. The molecule has 1 aliphatic carbocycles. The summed E-state index contributed by atoms with van der Waals surface area (Å²) in [5.74, 6) is 0.0568. The summed E-state index contributed by atoms with van der Waals surface area (Å²) in [6, 6.07) is 0.0807. The lowest BCUT2D eigenvalue weighted by atomic mass is 10.3. The van der Waals surface area contributed by atoms with E-state index in [2.05, 4.69) is 9.44 Å². The third kappa shape index (κ3) is 2.47. The molecule has 1 saturated heterocycles. The van der Waals surface area contributed by atoms with Gasteiger partial charge in [0.15, 0.2) is 0 Å². The van der Waals surface area contributed by atoms with Crippen LogP contribution in [-0.4, -0.2) is 44.9 Å². The van der Waals surface area contributed by atoms with Gasteiger partial charge in [-0.15, -0.1) is 0 Å². The van der Waals surface area contributed by atoms with E-state index >= 15 is 0 Å². The molecule has 0 spiro atoms. The number of carbonyl (C=O) groups excluding carboxylic acids is 1. The first-order valence-corrected chi connectivity index (χ1v) is 6.50. The van der Waals surface area contributed by atoms with Gasteiger partial charge in [-0.25, -0.2) is 4.72 Å². The normalized spacial score (nSPS) is 27.4. The van der Waals surface area contributed by atoms with Crippen LogP contribution in [0.2, 0.25) is 0 Å². The van der Waals surface area contributed by atoms with Gasteiger partial charge in [0.25, 0.3) is 10.2 Å². The van der Waals surface area contributed by atoms with Gasteiger partial charge in [-0.2, -0.15) is 13.1 Å². The highest BCUT2D eigenvalue weighted by atomic mass is 32.2. The second-order valence-electron chi connectivity index (χ2n) is 4.00. The van der Waals surface area contributed by atoms with Crippen molar-refractivity contribution < 1.29 is 13.2 Å². The number of rotatable bonds is 4. The van der Waals surface area contributed by atoms with Crippen molar-refractivity contribution in [1.29, 1.82) is 0 Å². The summed E-state index contributed by atoms with van der Waals surface area (Å²) in [6.45, 7) is 0.504. The molecule has 0 radical (unpaired) electrons. The van der Waals surface area contributed by atoms with E-state index in [0.717, 1.165) is 12.8 Å². The van der Waals surface area contributed by atoms with E-state index in [0.29, 0.717) is 12.6 Å². The quantitative estimate of drug-likeness (QED) is 0.640. The number of hydrogen-bond acceptors (Lipinski definition) is 3. The maximum absolute atomic E-state index is 11.5. The minimum Gasteiger partial charge on any atom is -0.338 e. The summed E-state index contributed by atoms with van der Waals surface area (Å²) in [7, 11) is -2.09. The van der Waals surface area contributed by atoms with Crippen LogP contribution in [0.1, 0.15) is 19.3 Å². The largest absolute Gasteiger partial charge is 0.338 e. The van der Waals surface area contributed by atoms with Gasteiger partial charge in [0.05, 0.1) is 0 Å². The predicted molar refractivity (Wildman–Crippen MR) is 54.3 cm³/mol. The average Bonchev–Trinajstić information content (AvgIpc) is 2.92. The highest BCUT2D eigenvalue weighted by Gasteiger charge is 2.40. The molecule has 2 fully saturated rings. The van der Waals surface area contributed by atoms with Crippen molar-refractivity contribution in [2.24, 2.45) is 0 Å². The van der Waals surface area contributed by atoms with E-state index < -0.39 is 10.2 Å². The molecular formula is C8H15N3O3S. The van der Waals surface area contributed by atoms with Crippen LogP contribution in [-0.2, 0) is 15.0 Å². The first-order chi connectivity index (χ1) is 7.02. The molecule has 1 aliphatic heterocycles. The molecule has 2 aliphatic rings. The Bertz CT molecular complexity index is 363. The molecule has 6 nitrogen and oxygen atoms in total. The fourth-order valence-electron chi connectivity index (χ4n) is 1.83. The topological polar surface area (TPSA) is 78.5 Å². The van der Waals surface area contributed by atoms with Crippen LogP contribution in [0.3, 0.4) is 0 Å². The average molecular weight is 233 g/mol. The van der Waals surface area contributed by atoms with Crippen molar-refractivity contribution in [3.05, 3.63) is 0 Å². The lowest BCUT2D eigenvalue weighted by Crippen LogP contribution is -2.42. The Kier molecular flexibility index (Phi) is 2.70. The van der Waals surface area contributed by atoms with Crippen LogP contribution >= 0.6 is 0 Å². The molecule has 15 heavy (non-hydrogen) atoms. The van der Waals surface area contributed by atoms with E-state index in [1.54, 1.807) is 4.90 Å². The molecule has 1 amide bonds. The molecule has 0 aromatic rings. The summed E-state index contributed by atoms with van der Waals surface area (Å²) in [5, 5.41) is 0. The maximum Gasteiger partial charge on any atom is 0.276 e. The van der Waals surface area contributed by atoms with Crippen LogP contribution in [0.5, 0.6) is 0 Å². The molecule has 1 unspecified atom stereocenters. The number of nitrogens with one attached hydrogen (secondary N) is 2. The minimum absolute atomic E-state index is 0.0568. The van der Waals surface area contributed by atoms with Crippen LogP contribution in [0.25, 0.3) is 0 Å². The van der Waals surface area contributed by atoms with E-state index in [9.17, 15) is 13.2 Å². The predicted octanol–water partition coefficient (Wildman–Crippen LogP) is -1.20. The number of nitrogens with zero attached hydrogens (tertiary/aromatic N) is 1. The fraction of sp³-hybridized carbons (Fsp3) is 0.875. The highest BCUT2D eigenvalue weighted by molar-refractivity contribution is 7.87. The molecule has 0 bridgehead atoms. The SMILES string of the molecule is CNS(=O)(=O)NC1CC(=O)N(C2CC2)C1. The zero-order valence-corrected chi connectivity index (χ0v) is 9.38. The Morgan fingerprint density at radius 2 is 2.07 bits per heavy atom. The van der Waals surface area contributed by atoms with E-state index in [4.69, 9.17) is 0 Å². The van der Waals surface area contributed by atoms with Crippen molar-refractivity contribution >= 4 is 16.1 Å². The van der Waals surface area contributed by atoms with Gasteiger partial charge in [0.1, 0.15) is 0 Å². The molecular weight excluding hydrogens is 218 g/mol. The molecule has 7 heteroatoms. The van der Waals surface area contributed by atoms with Gasteiger partial charge in [-0.1, -0.05) is 0 Å². The zero-order chi connectivity index (χ0) is 11.1. The second kappa shape index (κ2) is 3.73. The lowest BCUT2D eigenvalue weighted by Gasteiger charge is -2.15. The third-order valence-electron chi connectivity index (χ3n) is 2.74. The summed E-state index contributed by atoms with van der Waals surface area (Å²) in [6.07, 6.45) is 2.38. The van der Waals surface area contributed by atoms with Crippen molar-refractivity contribution in [1.82, 2.24) is 14.3 Å². The number of likely N-dealkylation sites (tertiary alicyclic amines) is 1. The summed E-state index contributed by atoms with van der Waals surface area (Å²) in [4.78, 5) is 13.3. The van der Waals surface area contributed by atoms with Crippen LogP contribution in [0.4, 0.5) is 0 Å². The molecule has 0 aromatic heterocycles. The first-order valence-electron chi connectivity index (χ1n) is 5.02. The Balaban J connectivity index is 1.94. The Morgan fingerprint density at radius 1 is 1.40 bits per heavy atom. The van der Waals surface area contributed by atoms with Crippen LogP contribution < -0.4 is 9.44 Å². The lowest BCUT2D eigenvalue weighted by molar-refractivity contribution is -0.128. The van der Waals surface area contributed by atoms with E-state index in [1.807, 2.05) is 0 Å². The summed E-state index contributed by atoms with van der Waals surface area (Å²) >= 11 is 0. The molecule has 2 N–H and O–H groups in total. The monoisotopic (exact) mass is 233 g/mol. The number of hydrogen-bond donors (Lipinski definition) is 2. The zero-order valence-electron chi connectivity index (χ0n) is 8.56. The minimum atomic E-state index is -3.43. The fourth-order valence-corrected chi connectivity index (χ4v) is 2.54. The van der Waals surface area contributed by atoms with Crippen LogP contribution in [0.15, 0.2) is 0 Å². The molecule has 0 aromatic carbocycles. The van der Waals surface area contributed by atoms with Gasteiger partial charge in [0.2, 0.25) is 5.91 Å². The van der Waals surface area contributed by atoms with E-state index in [1.165, 1.54) is 7.05 Å². The van der Waals surface area contributed by atoms with Gasteiger partial charge in [-0.3, -0.25) is 4.79 Å². The van der Waals surface area contributed by atoms with Crippen molar-refractivity contribution in [3.63, 3.8) is 0 Å². The van der Waals surface area contributed by atoms with Gasteiger partial charge < -0.3 is 4.90 Å². The Labute approximate surface area is 89.2 Å². The number of carbonyl (C=O) groups is 1.